The molecule has 0 saturated carbocycles. The van der Waals surface area contributed by atoms with Gasteiger partial charge < -0.3 is 16.0 Å². The lowest BCUT2D eigenvalue weighted by atomic mass is 10.1. The van der Waals surface area contributed by atoms with Crippen LogP contribution in [0, 0.1) is 5.82 Å². The zero-order valence-corrected chi connectivity index (χ0v) is 11.6. The number of nitrogens with two attached hydrogens (primary N) is 1. The lowest BCUT2D eigenvalue weighted by Crippen LogP contribution is -2.35. The third-order valence-corrected chi connectivity index (χ3v) is 2.86. The molecule has 0 fully saturated rings. The van der Waals surface area contributed by atoms with Crippen LogP contribution in [0.1, 0.15) is 25.8 Å². The summed E-state index contributed by atoms with van der Waals surface area (Å²) in [5.74, 6) is -0.781. The fourth-order valence-corrected chi connectivity index (χ4v) is 1.99. The quantitative estimate of drug-likeness (QED) is 0.704. The molecular weight excluding hydrogens is 245 g/mol. The second-order valence-corrected chi connectivity index (χ2v) is 4.40. The summed E-state index contributed by atoms with van der Waals surface area (Å²) in [4.78, 5) is 12.7. The molecule has 5 heteroatoms. The number of hydrogen-bond acceptors (Lipinski definition) is 3. The number of likely N-dealkylation sites (N-methyl/N-ethyl adjacent to an activating group) is 1. The van der Waals surface area contributed by atoms with Crippen LogP contribution in [0.4, 0.5) is 10.1 Å². The summed E-state index contributed by atoms with van der Waals surface area (Å²) in [5, 5.41) is 3.24. The molecule has 1 rings (SSSR count). The van der Waals surface area contributed by atoms with Gasteiger partial charge in [0.15, 0.2) is 0 Å². The lowest BCUT2D eigenvalue weighted by molar-refractivity contribution is -0.116. The maximum Gasteiger partial charge on any atom is 0.236 e. The molecule has 1 aromatic rings. The topological polar surface area (TPSA) is 58.4 Å². The van der Waals surface area contributed by atoms with Crippen molar-refractivity contribution in [1.82, 2.24) is 5.32 Å². The Morgan fingerprint density at radius 2 is 2.16 bits per heavy atom. The van der Waals surface area contributed by atoms with Gasteiger partial charge in [0.25, 0.3) is 0 Å². The van der Waals surface area contributed by atoms with Crippen molar-refractivity contribution in [2.24, 2.45) is 5.73 Å². The normalized spacial score (nSPS) is 10.5. The summed E-state index contributed by atoms with van der Waals surface area (Å²) < 4.78 is 14.0. The average molecular weight is 267 g/mol. The van der Waals surface area contributed by atoms with Gasteiger partial charge in [-0.05, 0) is 31.5 Å². The summed E-state index contributed by atoms with van der Waals surface area (Å²) in [6, 6.07) is 4.95. The second kappa shape index (κ2) is 7.74. The van der Waals surface area contributed by atoms with Gasteiger partial charge in [-0.1, -0.05) is 19.1 Å². The fourth-order valence-electron chi connectivity index (χ4n) is 1.99. The molecule has 1 amide bonds. The Bertz CT molecular complexity index is 423. The van der Waals surface area contributed by atoms with E-state index in [1.807, 2.05) is 13.0 Å². The first-order chi connectivity index (χ1) is 9.10. The van der Waals surface area contributed by atoms with E-state index in [2.05, 4.69) is 12.2 Å². The van der Waals surface area contributed by atoms with Crippen molar-refractivity contribution >= 4 is 11.6 Å². The van der Waals surface area contributed by atoms with Gasteiger partial charge in [0.2, 0.25) is 5.91 Å². The number of primary amides is 1. The van der Waals surface area contributed by atoms with Gasteiger partial charge in [-0.15, -0.1) is 0 Å². The monoisotopic (exact) mass is 267 g/mol. The minimum atomic E-state index is -0.461. The molecular formula is C14H22FN3O. The van der Waals surface area contributed by atoms with E-state index >= 15 is 0 Å². The van der Waals surface area contributed by atoms with Gasteiger partial charge in [-0.3, -0.25) is 4.79 Å². The zero-order valence-electron chi connectivity index (χ0n) is 11.6. The predicted octanol–water partition coefficient (Wildman–Crippen LogP) is 1.64. The first-order valence-corrected chi connectivity index (χ1v) is 6.61. The number of benzene rings is 1. The number of nitrogens with zero attached hydrogens (tertiary/aromatic N) is 1. The largest absolute Gasteiger partial charge is 0.368 e. The summed E-state index contributed by atoms with van der Waals surface area (Å²) in [6.45, 7) is 5.96. The van der Waals surface area contributed by atoms with E-state index in [0.29, 0.717) is 18.8 Å². The molecule has 0 unspecified atom stereocenters. The molecule has 0 aliphatic rings. The summed E-state index contributed by atoms with van der Waals surface area (Å²) in [7, 11) is 0. The maximum atomic E-state index is 14.0. The van der Waals surface area contributed by atoms with Crippen LogP contribution in [0.5, 0.6) is 0 Å². The van der Waals surface area contributed by atoms with E-state index in [1.54, 1.807) is 11.0 Å². The van der Waals surface area contributed by atoms with Crippen LogP contribution in [0.15, 0.2) is 18.2 Å². The number of carbonyl (C=O) groups excluding carboxylic acids is 1. The van der Waals surface area contributed by atoms with Gasteiger partial charge >= 0.3 is 0 Å². The molecule has 0 atom stereocenters. The van der Waals surface area contributed by atoms with E-state index in [1.165, 1.54) is 6.07 Å². The molecule has 0 radical (unpaired) electrons. The van der Waals surface area contributed by atoms with Crippen molar-refractivity contribution in [3.05, 3.63) is 29.6 Å². The highest BCUT2D eigenvalue weighted by atomic mass is 19.1. The van der Waals surface area contributed by atoms with Crippen LogP contribution in [0.2, 0.25) is 0 Å². The van der Waals surface area contributed by atoms with E-state index in [-0.39, 0.29) is 12.4 Å². The molecule has 0 spiro atoms. The first kappa shape index (κ1) is 15.4. The number of para-hydroxylation sites is 1. The van der Waals surface area contributed by atoms with E-state index in [4.69, 9.17) is 5.73 Å². The Morgan fingerprint density at radius 1 is 1.42 bits per heavy atom. The van der Waals surface area contributed by atoms with E-state index in [0.717, 1.165) is 18.5 Å². The van der Waals surface area contributed by atoms with Crippen LogP contribution in [-0.4, -0.2) is 25.5 Å². The lowest BCUT2D eigenvalue weighted by Gasteiger charge is -2.25. The molecule has 0 heterocycles. The first-order valence-electron chi connectivity index (χ1n) is 6.61. The van der Waals surface area contributed by atoms with Gasteiger partial charge in [-0.2, -0.15) is 0 Å². The van der Waals surface area contributed by atoms with Crippen molar-refractivity contribution in [2.45, 2.75) is 26.8 Å². The molecule has 0 bridgehead atoms. The van der Waals surface area contributed by atoms with Crippen molar-refractivity contribution in [3.63, 3.8) is 0 Å². The number of carbonyl (C=O) groups is 1. The number of rotatable bonds is 8. The fraction of sp³-hybridized carbons (Fsp3) is 0.500. The summed E-state index contributed by atoms with van der Waals surface area (Å²) in [5.41, 5.74) is 6.52. The zero-order chi connectivity index (χ0) is 14.3. The van der Waals surface area contributed by atoms with E-state index < -0.39 is 5.91 Å². The minimum absolute atomic E-state index is 0.0260. The Hall–Kier alpha value is -1.62. The molecule has 19 heavy (non-hydrogen) atoms. The molecule has 0 saturated heterocycles. The number of nitrogens with one attached hydrogen (secondary N) is 1. The molecule has 4 nitrogen and oxygen atoms in total. The van der Waals surface area contributed by atoms with Crippen LogP contribution < -0.4 is 16.0 Å². The Morgan fingerprint density at radius 3 is 2.74 bits per heavy atom. The average Bonchev–Trinajstić information content (AvgIpc) is 2.37. The second-order valence-electron chi connectivity index (χ2n) is 4.40. The van der Waals surface area contributed by atoms with Crippen molar-refractivity contribution < 1.29 is 9.18 Å². The van der Waals surface area contributed by atoms with Crippen LogP contribution >= 0.6 is 0 Å². The van der Waals surface area contributed by atoms with Crippen LogP contribution in [0.25, 0.3) is 0 Å². The Kier molecular flexibility index (Phi) is 6.29. The van der Waals surface area contributed by atoms with Crippen molar-refractivity contribution in [1.29, 1.82) is 0 Å². The highest BCUT2D eigenvalue weighted by molar-refractivity contribution is 5.80. The predicted molar refractivity (Wildman–Crippen MR) is 75.5 cm³/mol. The minimum Gasteiger partial charge on any atom is -0.368 e. The number of halogens is 1. The number of hydrogen-bond donors (Lipinski definition) is 2. The molecule has 0 aliphatic carbocycles. The van der Waals surface area contributed by atoms with Gasteiger partial charge in [0.05, 0.1) is 12.2 Å². The SMILES string of the molecule is CCCNCc1cccc(F)c1N(CC)CC(N)=O. The van der Waals surface area contributed by atoms with Crippen molar-refractivity contribution in [3.8, 4) is 0 Å². The van der Waals surface area contributed by atoms with Gasteiger partial charge in [0.1, 0.15) is 5.82 Å². The maximum absolute atomic E-state index is 14.0. The van der Waals surface area contributed by atoms with Crippen LogP contribution in [-0.2, 0) is 11.3 Å². The Labute approximate surface area is 113 Å². The smallest absolute Gasteiger partial charge is 0.236 e. The molecule has 3 N–H and O–H groups in total. The number of anilines is 1. The molecule has 106 valence electrons. The summed E-state index contributed by atoms with van der Waals surface area (Å²) in [6.07, 6.45) is 1.02. The van der Waals surface area contributed by atoms with Crippen LogP contribution in [0.3, 0.4) is 0 Å². The third kappa shape index (κ3) is 4.52. The van der Waals surface area contributed by atoms with Gasteiger partial charge in [0, 0.05) is 13.1 Å². The molecule has 0 aliphatic heterocycles. The number of amides is 1. The highest BCUT2D eigenvalue weighted by Crippen LogP contribution is 2.24. The van der Waals surface area contributed by atoms with E-state index in [9.17, 15) is 9.18 Å². The molecule has 1 aromatic carbocycles. The summed E-state index contributed by atoms with van der Waals surface area (Å²) >= 11 is 0. The molecule has 0 aromatic heterocycles. The van der Waals surface area contributed by atoms with Crippen molar-refractivity contribution in [2.75, 3.05) is 24.5 Å². The standard InChI is InChI=1S/C14H22FN3O/c1-3-8-17-9-11-6-5-7-12(15)14(11)18(4-2)10-13(16)19/h5-7,17H,3-4,8-10H2,1-2H3,(H2,16,19). The van der Waals surface area contributed by atoms with Gasteiger partial charge in [-0.25, -0.2) is 4.39 Å². The Balaban J connectivity index is 2.97. The highest BCUT2D eigenvalue weighted by Gasteiger charge is 2.16. The third-order valence-electron chi connectivity index (χ3n) is 2.86.